The van der Waals surface area contributed by atoms with Gasteiger partial charge in [0.2, 0.25) is 0 Å². The molecule has 0 amide bonds. The van der Waals surface area contributed by atoms with Crippen LogP contribution < -0.4 is 4.90 Å². The van der Waals surface area contributed by atoms with E-state index in [9.17, 15) is 15.8 Å². The van der Waals surface area contributed by atoms with Gasteiger partial charge in [-0.25, -0.2) is 0 Å². The first kappa shape index (κ1) is 30.0. The third-order valence-electron chi connectivity index (χ3n) is 7.08. The molecule has 1 heterocycles. The summed E-state index contributed by atoms with van der Waals surface area (Å²) in [7, 11) is 0. The van der Waals surface area contributed by atoms with Crippen LogP contribution >= 0.6 is 0 Å². The maximum absolute atomic E-state index is 9.88. The van der Waals surface area contributed by atoms with Crippen molar-refractivity contribution in [3.63, 3.8) is 0 Å². The summed E-state index contributed by atoms with van der Waals surface area (Å²) in [4.78, 5) is 2.51. The lowest BCUT2D eigenvalue weighted by molar-refractivity contribution is 0.109. The van der Waals surface area contributed by atoms with Gasteiger partial charge in [-0.05, 0) is 44.4 Å². The van der Waals surface area contributed by atoms with Crippen LogP contribution in [0.4, 0.5) is 5.69 Å². The van der Waals surface area contributed by atoms with Crippen LogP contribution in [0.2, 0.25) is 0 Å². The lowest BCUT2D eigenvalue weighted by Crippen LogP contribution is -2.26. The molecule has 0 bridgehead atoms. The molecule has 0 saturated carbocycles. The summed E-state index contributed by atoms with van der Waals surface area (Å²) in [6.07, 6.45) is 15.4. The number of anilines is 1. The van der Waals surface area contributed by atoms with Gasteiger partial charge in [0.1, 0.15) is 29.4 Å². The average Bonchev–Trinajstić information content (AvgIpc) is 3.17. The fraction of sp³-hybridized carbons (Fsp3) is 0.594. The Hall–Kier alpha value is -3.23. The second-order valence-electron chi connectivity index (χ2n) is 10.5. The zero-order valence-corrected chi connectivity index (χ0v) is 23.4. The molecule has 0 atom stereocenters. The van der Waals surface area contributed by atoms with Crippen molar-refractivity contribution in [2.45, 2.75) is 110 Å². The second kappa shape index (κ2) is 15.8. The third-order valence-corrected chi connectivity index (χ3v) is 7.08. The number of nitriles is 3. The fourth-order valence-corrected chi connectivity index (χ4v) is 5.05. The van der Waals surface area contributed by atoms with Crippen molar-refractivity contribution in [2.75, 3.05) is 18.0 Å². The number of rotatable bonds is 16. The van der Waals surface area contributed by atoms with Gasteiger partial charge in [-0.3, -0.25) is 0 Å². The van der Waals surface area contributed by atoms with Crippen LogP contribution in [0.5, 0.6) is 0 Å². The molecular weight excluding hydrogens is 456 g/mol. The summed E-state index contributed by atoms with van der Waals surface area (Å²) in [6.45, 7) is 10.4. The van der Waals surface area contributed by atoms with Crippen molar-refractivity contribution in [1.82, 2.24) is 0 Å². The lowest BCUT2D eigenvalue weighted by Gasteiger charge is -2.26. The molecule has 5 heteroatoms. The van der Waals surface area contributed by atoms with Gasteiger partial charge in [-0.1, -0.05) is 90.2 Å². The average molecular weight is 501 g/mol. The minimum atomic E-state index is -0.808. The quantitative estimate of drug-likeness (QED) is 0.168. The van der Waals surface area contributed by atoms with Gasteiger partial charge in [0.15, 0.2) is 11.3 Å². The highest BCUT2D eigenvalue weighted by Gasteiger charge is 2.40. The zero-order valence-electron chi connectivity index (χ0n) is 23.4. The first-order valence-electron chi connectivity index (χ1n) is 14.2. The Morgan fingerprint density at radius 3 is 1.70 bits per heavy atom. The Kier molecular flexibility index (Phi) is 12.8. The van der Waals surface area contributed by atoms with Gasteiger partial charge in [0, 0.05) is 24.4 Å². The molecule has 1 aromatic carbocycles. The van der Waals surface area contributed by atoms with Crippen molar-refractivity contribution in [3.8, 4) is 18.2 Å². The number of ether oxygens (including phenoxy) is 1. The van der Waals surface area contributed by atoms with E-state index in [1.165, 1.54) is 82.7 Å². The van der Waals surface area contributed by atoms with Crippen molar-refractivity contribution < 1.29 is 4.74 Å². The molecule has 0 saturated heterocycles. The lowest BCUT2D eigenvalue weighted by atomic mass is 9.89. The number of allylic oxidation sites excluding steroid dienone is 2. The first-order chi connectivity index (χ1) is 17.9. The second-order valence-corrected chi connectivity index (χ2v) is 10.5. The van der Waals surface area contributed by atoms with Crippen molar-refractivity contribution in [3.05, 3.63) is 46.7 Å². The summed E-state index contributed by atoms with van der Waals surface area (Å²) in [6, 6.07) is 14.3. The van der Waals surface area contributed by atoms with Crippen LogP contribution in [0.1, 0.15) is 110 Å². The predicted octanol–water partition coefficient (Wildman–Crippen LogP) is 8.60. The van der Waals surface area contributed by atoms with Crippen LogP contribution in [0.3, 0.4) is 0 Å². The van der Waals surface area contributed by atoms with Gasteiger partial charge in [0.25, 0.3) is 0 Å². The standard InChI is InChI=1S/C32H44N4O/c1-5-7-9-11-13-15-21-36(22-16-14-12-10-8-6-2)28-19-17-26(18-20-28)30-29(25-35)31(27(23-33)24-34)37-32(30,3)4/h17-20H,5-16,21-22H2,1-4H3. The van der Waals surface area contributed by atoms with E-state index < -0.39 is 5.60 Å². The Balaban J connectivity index is 2.22. The van der Waals surface area contributed by atoms with Gasteiger partial charge in [-0.2, -0.15) is 15.8 Å². The van der Waals surface area contributed by atoms with E-state index in [-0.39, 0.29) is 16.9 Å². The molecule has 0 N–H and O–H groups in total. The molecule has 198 valence electrons. The van der Waals surface area contributed by atoms with E-state index in [1.54, 1.807) is 0 Å². The van der Waals surface area contributed by atoms with Crippen LogP contribution in [-0.2, 0) is 4.74 Å². The molecule has 0 fully saturated rings. The Morgan fingerprint density at radius 2 is 1.24 bits per heavy atom. The maximum atomic E-state index is 9.88. The highest BCUT2D eigenvalue weighted by Crippen LogP contribution is 2.45. The summed E-state index contributed by atoms with van der Waals surface area (Å²) in [5.41, 5.74) is 2.10. The highest BCUT2D eigenvalue weighted by molar-refractivity contribution is 5.84. The number of hydrogen-bond acceptors (Lipinski definition) is 5. The SMILES string of the molecule is CCCCCCCCN(CCCCCCCC)c1ccc(C2=C(C#N)C(=C(C#N)C#N)OC2(C)C)cc1. The minimum absolute atomic E-state index is 0.0874. The van der Waals surface area contributed by atoms with E-state index >= 15 is 0 Å². The molecule has 0 unspecified atom stereocenters. The Morgan fingerprint density at radius 1 is 0.757 bits per heavy atom. The first-order valence-corrected chi connectivity index (χ1v) is 14.2. The maximum Gasteiger partial charge on any atom is 0.172 e. The minimum Gasteiger partial charge on any atom is -0.480 e. The summed E-state index contributed by atoms with van der Waals surface area (Å²) >= 11 is 0. The van der Waals surface area contributed by atoms with Crippen molar-refractivity contribution in [1.29, 1.82) is 15.8 Å². The largest absolute Gasteiger partial charge is 0.480 e. The van der Waals surface area contributed by atoms with Gasteiger partial charge in [-0.15, -0.1) is 0 Å². The molecule has 2 rings (SSSR count). The van der Waals surface area contributed by atoms with Crippen LogP contribution in [0.25, 0.3) is 5.57 Å². The molecule has 0 spiro atoms. The van der Waals surface area contributed by atoms with Gasteiger partial charge in [0.05, 0.1) is 0 Å². The topological polar surface area (TPSA) is 83.8 Å². The summed E-state index contributed by atoms with van der Waals surface area (Å²) < 4.78 is 5.96. The van der Waals surface area contributed by atoms with E-state index in [4.69, 9.17) is 4.74 Å². The number of hydrogen-bond donors (Lipinski definition) is 0. The van der Waals surface area contributed by atoms with E-state index in [0.717, 1.165) is 24.2 Å². The number of nitrogens with zero attached hydrogens (tertiary/aromatic N) is 4. The molecule has 0 aromatic heterocycles. The monoisotopic (exact) mass is 500 g/mol. The molecule has 1 aromatic rings. The summed E-state index contributed by atoms with van der Waals surface area (Å²) in [5.74, 6) is 0.0874. The zero-order chi connectivity index (χ0) is 27.1. The molecule has 1 aliphatic rings. The predicted molar refractivity (Wildman–Crippen MR) is 151 cm³/mol. The van der Waals surface area contributed by atoms with Crippen LogP contribution in [-0.4, -0.2) is 18.7 Å². The number of unbranched alkanes of at least 4 members (excludes halogenated alkanes) is 10. The third kappa shape index (κ3) is 8.68. The molecule has 37 heavy (non-hydrogen) atoms. The van der Waals surface area contributed by atoms with Gasteiger partial charge < -0.3 is 9.64 Å². The van der Waals surface area contributed by atoms with Crippen LogP contribution in [0, 0.1) is 34.0 Å². The van der Waals surface area contributed by atoms with Gasteiger partial charge >= 0.3 is 0 Å². The molecule has 0 radical (unpaired) electrons. The van der Waals surface area contributed by atoms with E-state index in [1.807, 2.05) is 38.1 Å². The molecule has 1 aliphatic heterocycles. The summed E-state index contributed by atoms with van der Waals surface area (Å²) in [5, 5.41) is 28.6. The van der Waals surface area contributed by atoms with Crippen LogP contribution in [0.15, 0.2) is 41.2 Å². The molecule has 0 aliphatic carbocycles. The smallest absolute Gasteiger partial charge is 0.172 e. The van der Waals surface area contributed by atoms with E-state index in [0.29, 0.717) is 0 Å². The normalized spacial score (nSPS) is 14.0. The molecular formula is C32H44N4O. The van der Waals surface area contributed by atoms with Crippen molar-refractivity contribution >= 4 is 11.3 Å². The highest BCUT2D eigenvalue weighted by atomic mass is 16.5. The Labute approximate surface area is 225 Å². The Bertz CT molecular complexity index is 1010. The fourth-order valence-electron chi connectivity index (χ4n) is 5.05. The van der Waals surface area contributed by atoms with E-state index in [2.05, 4.69) is 36.9 Å². The molecule has 5 nitrogen and oxygen atoms in total. The number of benzene rings is 1. The van der Waals surface area contributed by atoms with Crippen molar-refractivity contribution in [2.24, 2.45) is 0 Å².